The Morgan fingerprint density at radius 3 is 2.38 bits per heavy atom. The quantitative estimate of drug-likeness (QED) is 0.739. The summed E-state index contributed by atoms with van der Waals surface area (Å²) in [5.74, 6) is 0.682. The summed E-state index contributed by atoms with van der Waals surface area (Å²) in [6.07, 6.45) is 4.53. The molecule has 0 unspecified atom stereocenters. The molecule has 6 heteroatoms. The first-order valence-corrected chi connectivity index (χ1v) is 10.3. The molecule has 0 spiro atoms. The number of carbonyl (C=O) groups excluding carboxylic acids is 2. The predicted octanol–water partition coefficient (Wildman–Crippen LogP) is 4.15. The number of benzene rings is 2. The number of rotatable bonds is 7. The van der Waals surface area contributed by atoms with Crippen LogP contribution in [0.4, 0.5) is 11.4 Å². The molecule has 154 valence electrons. The first-order valence-electron chi connectivity index (χ1n) is 10.3. The van der Waals surface area contributed by atoms with Crippen LogP contribution in [0.5, 0.6) is 5.75 Å². The smallest absolute Gasteiger partial charge is 0.253 e. The van der Waals surface area contributed by atoms with E-state index >= 15 is 0 Å². The Hall–Kier alpha value is -3.02. The average Bonchev–Trinajstić information content (AvgIpc) is 3.02. The molecular weight excluding hydrogens is 366 g/mol. The average molecular weight is 396 g/mol. The predicted molar refractivity (Wildman–Crippen MR) is 116 cm³/mol. The van der Waals surface area contributed by atoms with Gasteiger partial charge >= 0.3 is 0 Å². The fourth-order valence-electron chi connectivity index (χ4n) is 3.40. The van der Waals surface area contributed by atoms with E-state index < -0.39 is 0 Å². The Morgan fingerprint density at radius 2 is 1.69 bits per heavy atom. The summed E-state index contributed by atoms with van der Waals surface area (Å²) in [7, 11) is 0. The summed E-state index contributed by atoms with van der Waals surface area (Å²) in [5, 5.41) is 5.94. The van der Waals surface area contributed by atoms with E-state index in [1.165, 1.54) is 12.8 Å². The van der Waals surface area contributed by atoms with Gasteiger partial charge in [0.15, 0.2) is 0 Å². The third kappa shape index (κ3) is 6.24. The first kappa shape index (κ1) is 20.7. The zero-order chi connectivity index (χ0) is 20.5. The van der Waals surface area contributed by atoms with Gasteiger partial charge in [0.05, 0.1) is 13.2 Å². The van der Waals surface area contributed by atoms with Crippen LogP contribution in [-0.2, 0) is 4.79 Å². The van der Waals surface area contributed by atoms with Gasteiger partial charge in [0, 0.05) is 36.1 Å². The molecule has 0 bridgehead atoms. The maximum absolute atomic E-state index is 12.6. The lowest BCUT2D eigenvalue weighted by atomic mass is 10.1. The van der Waals surface area contributed by atoms with Crippen LogP contribution in [0.25, 0.3) is 0 Å². The van der Waals surface area contributed by atoms with Gasteiger partial charge < -0.3 is 20.3 Å². The number of hydrogen-bond acceptors (Lipinski definition) is 4. The lowest BCUT2D eigenvalue weighted by Crippen LogP contribution is -2.31. The summed E-state index contributed by atoms with van der Waals surface area (Å²) >= 11 is 0. The molecule has 0 saturated carbocycles. The normalized spacial score (nSPS) is 14.0. The third-order valence-corrected chi connectivity index (χ3v) is 4.91. The largest absolute Gasteiger partial charge is 0.494 e. The minimum Gasteiger partial charge on any atom is -0.494 e. The SMILES string of the molecule is CCOc1cccc(NCC(=O)Nc2ccc(C(=O)N3CCCCCC3)cc2)c1. The highest BCUT2D eigenvalue weighted by molar-refractivity contribution is 5.96. The van der Waals surface area contributed by atoms with E-state index in [9.17, 15) is 9.59 Å². The van der Waals surface area contributed by atoms with Crippen LogP contribution in [0.1, 0.15) is 43.0 Å². The van der Waals surface area contributed by atoms with Gasteiger partial charge in [-0.15, -0.1) is 0 Å². The van der Waals surface area contributed by atoms with Crippen molar-refractivity contribution in [2.75, 3.05) is 36.9 Å². The van der Waals surface area contributed by atoms with Crippen LogP contribution >= 0.6 is 0 Å². The molecule has 1 fully saturated rings. The van der Waals surface area contributed by atoms with E-state index in [-0.39, 0.29) is 18.4 Å². The van der Waals surface area contributed by atoms with E-state index in [0.717, 1.165) is 37.4 Å². The van der Waals surface area contributed by atoms with Crippen molar-refractivity contribution in [3.8, 4) is 5.75 Å². The molecule has 0 aromatic heterocycles. The summed E-state index contributed by atoms with van der Waals surface area (Å²) in [4.78, 5) is 26.8. The molecule has 6 nitrogen and oxygen atoms in total. The van der Waals surface area contributed by atoms with Gasteiger partial charge in [-0.1, -0.05) is 18.9 Å². The fraction of sp³-hybridized carbons (Fsp3) is 0.391. The molecule has 1 aliphatic rings. The van der Waals surface area contributed by atoms with Crippen LogP contribution in [0.15, 0.2) is 48.5 Å². The van der Waals surface area contributed by atoms with Crippen molar-refractivity contribution in [3.05, 3.63) is 54.1 Å². The third-order valence-electron chi connectivity index (χ3n) is 4.91. The monoisotopic (exact) mass is 395 g/mol. The maximum Gasteiger partial charge on any atom is 0.253 e. The van der Waals surface area contributed by atoms with Gasteiger partial charge in [-0.25, -0.2) is 0 Å². The second kappa shape index (κ2) is 10.5. The van der Waals surface area contributed by atoms with Gasteiger partial charge in [-0.3, -0.25) is 9.59 Å². The Kier molecular flexibility index (Phi) is 7.50. The summed E-state index contributed by atoms with van der Waals surface area (Å²) in [5.41, 5.74) is 2.16. The Morgan fingerprint density at radius 1 is 0.966 bits per heavy atom. The first-order chi connectivity index (χ1) is 14.2. The molecule has 2 amide bonds. The van der Waals surface area contributed by atoms with Crippen LogP contribution < -0.4 is 15.4 Å². The molecule has 2 aromatic rings. The number of likely N-dealkylation sites (tertiary alicyclic amines) is 1. The molecule has 0 radical (unpaired) electrons. The number of nitrogens with one attached hydrogen (secondary N) is 2. The lowest BCUT2D eigenvalue weighted by Gasteiger charge is -2.20. The van der Waals surface area contributed by atoms with Gasteiger partial charge in [0.25, 0.3) is 5.91 Å². The van der Waals surface area contributed by atoms with Crippen LogP contribution in [0.2, 0.25) is 0 Å². The van der Waals surface area contributed by atoms with Crippen molar-refractivity contribution in [1.29, 1.82) is 0 Å². The molecule has 1 aliphatic heterocycles. The maximum atomic E-state index is 12.6. The summed E-state index contributed by atoms with van der Waals surface area (Å²) in [6.45, 7) is 4.32. The van der Waals surface area contributed by atoms with Crippen LogP contribution in [-0.4, -0.2) is 43.0 Å². The molecular formula is C23H29N3O3. The van der Waals surface area contributed by atoms with E-state index in [2.05, 4.69) is 10.6 Å². The highest BCUT2D eigenvalue weighted by atomic mass is 16.5. The standard InChI is InChI=1S/C23H29N3O3/c1-2-29-21-9-7-8-20(16-21)24-17-22(27)25-19-12-10-18(11-13-19)23(28)26-14-5-3-4-6-15-26/h7-13,16,24H,2-6,14-15,17H2,1H3,(H,25,27). The van der Waals surface area contributed by atoms with Crippen LogP contribution in [0, 0.1) is 0 Å². The highest BCUT2D eigenvalue weighted by Gasteiger charge is 2.17. The number of anilines is 2. The molecule has 1 saturated heterocycles. The van der Waals surface area contributed by atoms with Crippen molar-refractivity contribution >= 4 is 23.2 Å². The van der Waals surface area contributed by atoms with Gasteiger partial charge in [-0.2, -0.15) is 0 Å². The molecule has 0 atom stereocenters. The van der Waals surface area contributed by atoms with Crippen molar-refractivity contribution in [2.45, 2.75) is 32.6 Å². The summed E-state index contributed by atoms with van der Waals surface area (Å²) < 4.78 is 5.46. The van der Waals surface area contributed by atoms with Gasteiger partial charge in [0.1, 0.15) is 5.75 Å². The fourth-order valence-corrected chi connectivity index (χ4v) is 3.40. The highest BCUT2D eigenvalue weighted by Crippen LogP contribution is 2.18. The second-order valence-electron chi connectivity index (χ2n) is 7.15. The van der Waals surface area contributed by atoms with Crippen molar-refractivity contribution in [3.63, 3.8) is 0 Å². The second-order valence-corrected chi connectivity index (χ2v) is 7.15. The van der Waals surface area contributed by atoms with E-state index in [0.29, 0.717) is 17.9 Å². The minimum absolute atomic E-state index is 0.0700. The molecule has 2 N–H and O–H groups in total. The van der Waals surface area contributed by atoms with E-state index in [1.54, 1.807) is 24.3 Å². The number of nitrogens with zero attached hydrogens (tertiary/aromatic N) is 1. The molecule has 2 aromatic carbocycles. The van der Waals surface area contributed by atoms with Crippen LogP contribution in [0.3, 0.4) is 0 Å². The number of hydrogen-bond donors (Lipinski definition) is 2. The van der Waals surface area contributed by atoms with E-state index in [1.807, 2.05) is 36.1 Å². The lowest BCUT2D eigenvalue weighted by molar-refractivity contribution is -0.114. The molecule has 29 heavy (non-hydrogen) atoms. The zero-order valence-electron chi connectivity index (χ0n) is 16.9. The van der Waals surface area contributed by atoms with Crippen molar-refractivity contribution in [2.24, 2.45) is 0 Å². The molecule has 1 heterocycles. The topological polar surface area (TPSA) is 70.7 Å². The zero-order valence-corrected chi connectivity index (χ0v) is 16.9. The summed E-state index contributed by atoms with van der Waals surface area (Å²) in [6, 6.07) is 14.6. The van der Waals surface area contributed by atoms with Crippen molar-refractivity contribution in [1.82, 2.24) is 4.90 Å². The van der Waals surface area contributed by atoms with Gasteiger partial charge in [0.2, 0.25) is 5.91 Å². The Labute approximate surface area is 172 Å². The number of carbonyl (C=O) groups is 2. The minimum atomic E-state index is -0.154. The van der Waals surface area contributed by atoms with E-state index in [4.69, 9.17) is 4.74 Å². The van der Waals surface area contributed by atoms with Gasteiger partial charge in [-0.05, 0) is 56.2 Å². The number of amides is 2. The Bertz CT molecular complexity index is 812. The number of ether oxygens (including phenoxy) is 1. The van der Waals surface area contributed by atoms with Crippen molar-refractivity contribution < 1.29 is 14.3 Å². The Balaban J connectivity index is 1.50. The molecule has 3 rings (SSSR count). The molecule has 0 aliphatic carbocycles.